The van der Waals surface area contributed by atoms with Crippen LogP contribution in [0.2, 0.25) is 5.02 Å². The summed E-state index contributed by atoms with van der Waals surface area (Å²) in [4.78, 5) is 11.3. The highest BCUT2D eigenvalue weighted by atomic mass is 35.5. The van der Waals surface area contributed by atoms with Gasteiger partial charge in [0.2, 0.25) is 0 Å². The molecule has 18 heavy (non-hydrogen) atoms. The molecule has 2 aromatic carbocycles. The SMILES string of the molecule is Cc1cccc(-c2cc(Cl)ccc2C(=O)O)c1C. The number of aromatic carboxylic acids is 1. The number of benzene rings is 2. The number of rotatable bonds is 2. The van der Waals surface area contributed by atoms with Crippen LogP contribution in [0.25, 0.3) is 11.1 Å². The summed E-state index contributed by atoms with van der Waals surface area (Å²) < 4.78 is 0. The van der Waals surface area contributed by atoms with Gasteiger partial charge in [0, 0.05) is 5.02 Å². The quantitative estimate of drug-likeness (QED) is 0.873. The molecule has 0 spiro atoms. The maximum Gasteiger partial charge on any atom is 0.336 e. The summed E-state index contributed by atoms with van der Waals surface area (Å²) in [7, 11) is 0. The number of aryl methyl sites for hydroxylation is 1. The molecule has 2 nitrogen and oxygen atoms in total. The van der Waals surface area contributed by atoms with Crippen LogP contribution in [0, 0.1) is 13.8 Å². The van der Waals surface area contributed by atoms with Crippen molar-refractivity contribution in [2.45, 2.75) is 13.8 Å². The molecule has 0 saturated carbocycles. The summed E-state index contributed by atoms with van der Waals surface area (Å²) in [6, 6.07) is 10.7. The lowest BCUT2D eigenvalue weighted by Gasteiger charge is -2.11. The molecule has 0 atom stereocenters. The second-order valence-electron chi connectivity index (χ2n) is 4.24. The first-order valence-electron chi connectivity index (χ1n) is 5.60. The summed E-state index contributed by atoms with van der Waals surface area (Å²) in [5, 5.41) is 9.77. The fourth-order valence-electron chi connectivity index (χ4n) is 1.97. The minimum Gasteiger partial charge on any atom is -0.478 e. The van der Waals surface area contributed by atoms with Crippen LogP contribution in [-0.2, 0) is 0 Å². The second-order valence-corrected chi connectivity index (χ2v) is 4.68. The van der Waals surface area contributed by atoms with E-state index in [1.54, 1.807) is 18.2 Å². The largest absolute Gasteiger partial charge is 0.478 e. The Bertz CT molecular complexity index is 618. The van der Waals surface area contributed by atoms with Crippen molar-refractivity contribution < 1.29 is 9.90 Å². The van der Waals surface area contributed by atoms with E-state index in [4.69, 9.17) is 11.6 Å². The molecule has 3 heteroatoms. The van der Waals surface area contributed by atoms with Crippen LogP contribution in [0.1, 0.15) is 21.5 Å². The Kier molecular flexibility index (Phi) is 3.39. The fraction of sp³-hybridized carbons (Fsp3) is 0.133. The van der Waals surface area contributed by atoms with Crippen LogP contribution in [0.5, 0.6) is 0 Å². The van der Waals surface area contributed by atoms with E-state index in [9.17, 15) is 9.90 Å². The standard InChI is InChI=1S/C15H13ClO2/c1-9-4-3-5-12(10(9)2)14-8-11(16)6-7-13(14)15(17)18/h3-8H,1-2H3,(H,17,18). The lowest BCUT2D eigenvalue weighted by atomic mass is 9.94. The van der Waals surface area contributed by atoms with E-state index in [0.717, 1.165) is 16.7 Å². The molecule has 0 bridgehead atoms. The van der Waals surface area contributed by atoms with Gasteiger partial charge >= 0.3 is 5.97 Å². The van der Waals surface area contributed by atoms with Gasteiger partial charge in [-0.15, -0.1) is 0 Å². The van der Waals surface area contributed by atoms with Crippen molar-refractivity contribution in [3.8, 4) is 11.1 Å². The van der Waals surface area contributed by atoms with Gasteiger partial charge in [-0.2, -0.15) is 0 Å². The Balaban J connectivity index is 2.73. The zero-order valence-corrected chi connectivity index (χ0v) is 11.0. The van der Waals surface area contributed by atoms with E-state index in [-0.39, 0.29) is 5.56 Å². The van der Waals surface area contributed by atoms with Gasteiger partial charge in [0.1, 0.15) is 0 Å². The second kappa shape index (κ2) is 4.83. The molecule has 0 aliphatic rings. The van der Waals surface area contributed by atoms with Gasteiger partial charge in [0.25, 0.3) is 0 Å². The average molecular weight is 261 g/mol. The lowest BCUT2D eigenvalue weighted by molar-refractivity contribution is 0.0698. The molecule has 0 aromatic heterocycles. The van der Waals surface area contributed by atoms with Gasteiger partial charge in [-0.05, 0) is 54.3 Å². The molecule has 2 aromatic rings. The van der Waals surface area contributed by atoms with Crippen LogP contribution in [0.3, 0.4) is 0 Å². The molecule has 0 unspecified atom stereocenters. The molecule has 0 fully saturated rings. The van der Waals surface area contributed by atoms with E-state index in [1.807, 2.05) is 32.0 Å². The highest BCUT2D eigenvalue weighted by molar-refractivity contribution is 6.31. The van der Waals surface area contributed by atoms with Crippen LogP contribution in [0.4, 0.5) is 0 Å². The first-order valence-corrected chi connectivity index (χ1v) is 5.98. The average Bonchev–Trinajstić information content (AvgIpc) is 2.32. The van der Waals surface area contributed by atoms with Gasteiger partial charge in [-0.3, -0.25) is 0 Å². The Morgan fingerprint density at radius 2 is 1.83 bits per heavy atom. The minimum absolute atomic E-state index is 0.271. The summed E-state index contributed by atoms with van der Waals surface area (Å²) in [6.45, 7) is 3.99. The molecular weight excluding hydrogens is 248 g/mol. The van der Waals surface area contributed by atoms with Crippen molar-refractivity contribution >= 4 is 17.6 Å². The molecule has 0 saturated heterocycles. The van der Waals surface area contributed by atoms with E-state index in [0.29, 0.717) is 10.6 Å². The summed E-state index contributed by atoms with van der Waals surface area (Å²) >= 11 is 5.97. The number of carboxylic acids is 1. The van der Waals surface area contributed by atoms with Crippen molar-refractivity contribution in [3.63, 3.8) is 0 Å². The zero-order chi connectivity index (χ0) is 13.3. The van der Waals surface area contributed by atoms with Crippen molar-refractivity contribution in [2.24, 2.45) is 0 Å². The normalized spacial score (nSPS) is 10.4. The third-order valence-corrected chi connectivity index (χ3v) is 3.34. The van der Waals surface area contributed by atoms with Gasteiger partial charge in [0.15, 0.2) is 0 Å². The molecule has 2 rings (SSSR count). The predicted octanol–water partition coefficient (Wildman–Crippen LogP) is 4.32. The number of carboxylic acid groups (broad SMARTS) is 1. The van der Waals surface area contributed by atoms with Crippen LogP contribution < -0.4 is 0 Å². The smallest absolute Gasteiger partial charge is 0.336 e. The van der Waals surface area contributed by atoms with Crippen LogP contribution >= 0.6 is 11.6 Å². The summed E-state index contributed by atoms with van der Waals surface area (Å²) in [6.07, 6.45) is 0. The Labute approximate surface area is 111 Å². The van der Waals surface area contributed by atoms with Crippen LogP contribution in [-0.4, -0.2) is 11.1 Å². The summed E-state index contributed by atoms with van der Waals surface area (Å²) in [5.41, 5.74) is 4.05. The molecule has 0 amide bonds. The predicted molar refractivity (Wildman–Crippen MR) is 73.3 cm³/mol. The number of hydrogen-bond acceptors (Lipinski definition) is 1. The number of carbonyl (C=O) groups is 1. The number of halogens is 1. The number of hydrogen-bond donors (Lipinski definition) is 1. The molecule has 0 radical (unpaired) electrons. The Morgan fingerprint density at radius 3 is 2.50 bits per heavy atom. The minimum atomic E-state index is -0.942. The van der Waals surface area contributed by atoms with Crippen molar-refractivity contribution in [2.75, 3.05) is 0 Å². The zero-order valence-electron chi connectivity index (χ0n) is 10.2. The van der Waals surface area contributed by atoms with Crippen LogP contribution in [0.15, 0.2) is 36.4 Å². The summed E-state index contributed by atoms with van der Waals surface area (Å²) in [5.74, 6) is -0.942. The highest BCUT2D eigenvalue weighted by Crippen LogP contribution is 2.30. The monoisotopic (exact) mass is 260 g/mol. The molecule has 92 valence electrons. The third kappa shape index (κ3) is 2.24. The molecular formula is C15H13ClO2. The molecule has 0 heterocycles. The van der Waals surface area contributed by atoms with Crippen molar-refractivity contribution in [1.29, 1.82) is 0 Å². The molecule has 1 N–H and O–H groups in total. The topological polar surface area (TPSA) is 37.3 Å². The van der Waals surface area contributed by atoms with E-state index in [1.165, 1.54) is 0 Å². The Hall–Kier alpha value is -1.80. The van der Waals surface area contributed by atoms with Gasteiger partial charge in [0.05, 0.1) is 5.56 Å². The Morgan fingerprint density at radius 1 is 1.11 bits per heavy atom. The first kappa shape index (κ1) is 12.7. The van der Waals surface area contributed by atoms with Gasteiger partial charge < -0.3 is 5.11 Å². The maximum atomic E-state index is 11.3. The van der Waals surface area contributed by atoms with E-state index < -0.39 is 5.97 Å². The fourth-order valence-corrected chi connectivity index (χ4v) is 2.14. The maximum absolute atomic E-state index is 11.3. The molecule has 0 aliphatic heterocycles. The first-order chi connectivity index (χ1) is 8.50. The van der Waals surface area contributed by atoms with Gasteiger partial charge in [-0.25, -0.2) is 4.79 Å². The lowest BCUT2D eigenvalue weighted by Crippen LogP contribution is -2.00. The van der Waals surface area contributed by atoms with E-state index in [2.05, 4.69) is 0 Å². The molecule has 0 aliphatic carbocycles. The third-order valence-electron chi connectivity index (χ3n) is 3.11. The van der Waals surface area contributed by atoms with Crippen molar-refractivity contribution in [3.05, 3.63) is 58.1 Å². The van der Waals surface area contributed by atoms with Crippen molar-refractivity contribution in [1.82, 2.24) is 0 Å². The van der Waals surface area contributed by atoms with Gasteiger partial charge in [-0.1, -0.05) is 29.8 Å². The highest BCUT2D eigenvalue weighted by Gasteiger charge is 2.14. The van der Waals surface area contributed by atoms with E-state index >= 15 is 0 Å².